The molecule has 1 aromatic rings. The lowest BCUT2D eigenvalue weighted by atomic mass is 10.3. The fourth-order valence-corrected chi connectivity index (χ4v) is 0.994. The number of rotatable bonds is 3. The number of halogens is 1. The molecule has 1 atom stereocenters. The van der Waals surface area contributed by atoms with Crippen molar-refractivity contribution in [2.45, 2.75) is 13.0 Å². The first-order valence-electron chi connectivity index (χ1n) is 3.71. The lowest BCUT2D eigenvalue weighted by molar-refractivity contribution is 0.281. The van der Waals surface area contributed by atoms with E-state index in [1.807, 2.05) is 19.1 Å². The molecular formula is C8H11BrN2O. The van der Waals surface area contributed by atoms with Crippen molar-refractivity contribution in [3.63, 3.8) is 0 Å². The fraction of sp³-hybridized carbons (Fsp3) is 0.375. The van der Waals surface area contributed by atoms with Crippen molar-refractivity contribution >= 4 is 21.7 Å². The summed E-state index contributed by atoms with van der Waals surface area (Å²) < 4.78 is 0.949. The molecule has 0 fully saturated rings. The summed E-state index contributed by atoms with van der Waals surface area (Å²) >= 11 is 3.29. The SMILES string of the molecule is CC(CO)Nc1ccc(Br)cn1. The van der Waals surface area contributed by atoms with Gasteiger partial charge in [-0.05, 0) is 35.0 Å². The minimum atomic E-state index is 0.0404. The Morgan fingerprint density at radius 3 is 2.92 bits per heavy atom. The highest BCUT2D eigenvalue weighted by atomic mass is 79.9. The van der Waals surface area contributed by atoms with Crippen molar-refractivity contribution in [3.05, 3.63) is 22.8 Å². The monoisotopic (exact) mass is 230 g/mol. The Hall–Kier alpha value is -0.610. The van der Waals surface area contributed by atoms with Crippen LogP contribution in [0.25, 0.3) is 0 Å². The zero-order valence-electron chi connectivity index (χ0n) is 6.79. The second-order valence-corrected chi connectivity index (χ2v) is 3.51. The molecule has 0 aliphatic rings. The molecule has 0 aliphatic carbocycles. The van der Waals surface area contributed by atoms with Crippen LogP contribution >= 0.6 is 15.9 Å². The molecule has 0 radical (unpaired) electrons. The number of aliphatic hydroxyl groups is 1. The molecule has 0 amide bonds. The van der Waals surface area contributed by atoms with Crippen LogP contribution in [0.15, 0.2) is 22.8 Å². The van der Waals surface area contributed by atoms with E-state index in [0.717, 1.165) is 10.3 Å². The molecule has 66 valence electrons. The minimum Gasteiger partial charge on any atom is -0.394 e. The second-order valence-electron chi connectivity index (χ2n) is 2.59. The second kappa shape index (κ2) is 4.42. The van der Waals surface area contributed by atoms with Gasteiger partial charge in [0.05, 0.1) is 6.61 Å². The molecule has 1 rings (SSSR count). The van der Waals surface area contributed by atoms with Crippen LogP contribution in [0, 0.1) is 0 Å². The zero-order valence-corrected chi connectivity index (χ0v) is 8.37. The highest BCUT2D eigenvalue weighted by Gasteiger charge is 1.99. The Morgan fingerprint density at radius 1 is 1.67 bits per heavy atom. The van der Waals surface area contributed by atoms with Crippen LogP contribution in [0.5, 0.6) is 0 Å². The van der Waals surface area contributed by atoms with Gasteiger partial charge < -0.3 is 10.4 Å². The molecule has 0 spiro atoms. The quantitative estimate of drug-likeness (QED) is 0.831. The van der Waals surface area contributed by atoms with Gasteiger partial charge in [-0.25, -0.2) is 4.98 Å². The van der Waals surface area contributed by atoms with Crippen molar-refractivity contribution in [2.75, 3.05) is 11.9 Å². The number of nitrogens with one attached hydrogen (secondary N) is 1. The largest absolute Gasteiger partial charge is 0.394 e. The minimum absolute atomic E-state index is 0.0404. The number of nitrogens with zero attached hydrogens (tertiary/aromatic N) is 1. The summed E-state index contributed by atoms with van der Waals surface area (Å²) in [5, 5.41) is 11.8. The number of anilines is 1. The van der Waals surface area contributed by atoms with Crippen LogP contribution in [0.3, 0.4) is 0 Å². The summed E-state index contributed by atoms with van der Waals surface area (Å²) in [7, 11) is 0. The van der Waals surface area contributed by atoms with Crippen LogP contribution in [-0.2, 0) is 0 Å². The van der Waals surface area contributed by atoms with Crippen LogP contribution in [-0.4, -0.2) is 22.7 Å². The first kappa shape index (κ1) is 9.48. The smallest absolute Gasteiger partial charge is 0.126 e. The Balaban J connectivity index is 2.58. The molecule has 0 saturated carbocycles. The van der Waals surface area contributed by atoms with E-state index in [1.54, 1.807) is 6.20 Å². The fourth-order valence-electron chi connectivity index (χ4n) is 0.759. The summed E-state index contributed by atoms with van der Waals surface area (Å²) in [6, 6.07) is 3.80. The summed E-state index contributed by atoms with van der Waals surface area (Å²) in [5.74, 6) is 0.778. The van der Waals surface area contributed by atoms with E-state index in [4.69, 9.17) is 5.11 Å². The van der Waals surface area contributed by atoms with Gasteiger partial charge in [0.15, 0.2) is 0 Å². The summed E-state index contributed by atoms with van der Waals surface area (Å²) in [4.78, 5) is 4.10. The molecule has 3 nitrogen and oxygen atoms in total. The van der Waals surface area contributed by atoms with Crippen LogP contribution in [0.2, 0.25) is 0 Å². The predicted octanol–water partition coefficient (Wildman–Crippen LogP) is 1.64. The third kappa shape index (κ3) is 2.79. The van der Waals surface area contributed by atoms with E-state index in [9.17, 15) is 0 Å². The highest BCUT2D eigenvalue weighted by molar-refractivity contribution is 9.10. The normalized spacial score (nSPS) is 12.6. The summed E-state index contributed by atoms with van der Waals surface area (Å²) in [6.45, 7) is 2.00. The topological polar surface area (TPSA) is 45.1 Å². The van der Waals surface area contributed by atoms with Gasteiger partial charge >= 0.3 is 0 Å². The van der Waals surface area contributed by atoms with E-state index in [1.165, 1.54) is 0 Å². The maximum Gasteiger partial charge on any atom is 0.126 e. The molecule has 12 heavy (non-hydrogen) atoms. The lowest BCUT2D eigenvalue weighted by Crippen LogP contribution is -2.19. The van der Waals surface area contributed by atoms with Crippen molar-refractivity contribution in [1.82, 2.24) is 4.98 Å². The Morgan fingerprint density at radius 2 is 2.42 bits per heavy atom. The number of hydrogen-bond acceptors (Lipinski definition) is 3. The van der Waals surface area contributed by atoms with Crippen molar-refractivity contribution in [1.29, 1.82) is 0 Å². The van der Waals surface area contributed by atoms with Gasteiger partial charge in [0.1, 0.15) is 5.82 Å². The van der Waals surface area contributed by atoms with E-state index >= 15 is 0 Å². The molecule has 4 heteroatoms. The standard InChI is InChI=1S/C8H11BrN2O/c1-6(5-12)11-8-3-2-7(9)4-10-8/h2-4,6,12H,5H2,1H3,(H,10,11). The Labute approximate surface area is 80.0 Å². The average Bonchev–Trinajstić information content (AvgIpc) is 2.09. The molecule has 2 N–H and O–H groups in total. The Bertz CT molecular complexity index is 237. The number of aliphatic hydroxyl groups excluding tert-OH is 1. The van der Waals surface area contributed by atoms with Gasteiger partial charge in [-0.15, -0.1) is 0 Å². The number of aromatic nitrogens is 1. The van der Waals surface area contributed by atoms with Crippen LogP contribution < -0.4 is 5.32 Å². The molecule has 0 aromatic carbocycles. The van der Waals surface area contributed by atoms with Crippen LogP contribution in [0.4, 0.5) is 5.82 Å². The highest BCUT2D eigenvalue weighted by Crippen LogP contribution is 2.10. The van der Waals surface area contributed by atoms with Crippen molar-refractivity contribution in [3.8, 4) is 0 Å². The van der Waals surface area contributed by atoms with Crippen LogP contribution in [0.1, 0.15) is 6.92 Å². The predicted molar refractivity (Wildman–Crippen MR) is 52.1 cm³/mol. The van der Waals surface area contributed by atoms with Crippen molar-refractivity contribution in [2.24, 2.45) is 0 Å². The maximum absolute atomic E-state index is 8.75. The average molecular weight is 231 g/mol. The number of pyridine rings is 1. The molecule has 1 unspecified atom stereocenters. The van der Waals surface area contributed by atoms with Gasteiger partial charge in [0.2, 0.25) is 0 Å². The molecule has 0 bridgehead atoms. The lowest BCUT2D eigenvalue weighted by Gasteiger charge is -2.10. The molecule has 0 aliphatic heterocycles. The summed E-state index contributed by atoms with van der Waals surface area (Å²) in [5.41, 5.74) is 0. The van der Waals surface area contributed by atoms with Crippen molar-refractivity contribution < 1.29 is 5.11 Å². The maximum atomic E-state index is 8.75. The van der Waals surface area contributed by atoms with E-state index in [-0.39, 0.29) is 12.6 Å². The molecule has 0 saturated heterocycles. The molecule has 1 heterocycles. The number of hydrogen-bond donors (Lipinski definition) is 2. The van der Waals surface area contributed by atoms with E-state index in [0.29, 0.717) is 0 Å². The van der Waals surface area contributed by atoms with E-state index in [2.05, 4.69) is 26.2 Å². The van der Waals surface area contributed by atoms with E-state index < -0.39 is 0 Å². The third-order valence-electron chi connectivity index (χ3n) is 1.40. The first-order chi connectivity index (χ1) is 5.72. The van der Waals surface area contributed by atoms with Gasteiger partial charge in [-0.3, -0.25) is 0 Å². The molecular weight excluding hydrogens is 220 g/mol. The Kier molecular flexibility index (Phi) is 3.49. The third-order valence-corrected chi connectivity index (χ3v) is 1.86. The molecule has 1 aromatic heterocycles. The van der Waals surface area contributed by atoms with Gasteiger partial charge in [0, 0.05) is 16.7 Å². The zero-order chi connectivity index (χ0) is 8.97. The summed E-state index contributed by atoms with van der Waals surface area (Å²) in [6.07, 6.45) is 1.71. The van der Waals surface area contributed by atoms with Gasteiger partial charge in [-0.1, -0.05) is 0 Å². The first-order valence-corrected chi connectivity index (χ1v) is 4.50. The van der Waals surface area contributed by atoms with Gasteiger partial charge in [-0.2, -0.15) is 0 Å². The van der Waals surface area contributed by atoms with Gasteiger partial charge in [0.25, 0.3) is 0 Å².